The summed E-state index contributed by atoms with van der Waals surface area (Å²) in [5.74, 6) is -3.36. The fraction of sp³-hybridized carbons (Fsp3) is 0.158. The van der Waals surface area contributed by atoms with Crippen molar-refractivity contribution in [3.8, 4) is 34.1 Å². The number of hydrogen-bond donors (Lipinski definition) is 0. The fourth-order valence-electron chi connectivity index (χ4n) is 6.07. The average Bonchev–Trinajstić information content (AvgIpc) is 3.57. The first-order valence-electron chi connectivity index (χ1n) is 15.5. The zero-order valence-electron chi connectivity index (χ0n) is 27.7. The smallest absolute Gasteiger partial charge is 0.418 e. The molecule has 0 unspecified atom stereocenters. The maximum Gasteiger partial charge on any atom is 0.418 e. The van der Waals surface area contributed by atoms with Gasteiger partial charge >= 0.3 is 12.4 Å². The van der Waals surface area contributed by atoms with Gasteiger partial charge in [-0.3, -0.25) is 19.2 Å². The minimum absolute atomic E-state index is 0.174. The molecule has 0 saturated carbocycles. The number of carbonyl (C=O) groups is 4. The van der Waals surface area contributed by atoms with Crippen LogP contribution in [0, 0.1) is 27.7 Å². The number of alkyl halides is 6. The van der Waals surface area contributed by atoms with Gasteiger partial charge in [0.05, 0.1) is 22.5 Å². The van der Waals surface area contributed by atoms with Crippen molar-refractivity contribution < 1.29 is 55.0 Å². The summed E-state index contributed by atoms with van der Waals surface area (Å²) in [6.45, 7) is 6.82. The molecule has 266 valence electrons. The van der Waals surface area contributed by atoms with E-state index in [1.807, 2.05) is 0 Å². The van der Waals surface area contributed by atoms with E-state index >= 15 is 0 Å². The molecule has 0 fully saturated rings. The van der Waals surface area contributed by atoms with E-state index in [2.05, 4.69) is 0 Å². The third kappa shape index (κ3) is 6.66. The summed E-state index contributed by atoms with van der Waals surface area (Å²) < 4.78 is 96.1. The third-order valence-electron chi connectivity index (χ3n) is 8.34. The van der Waals surface area contributed by atoms with Crippen LogP contribution in [0.15, 0.2) is 85.0 Å². The van der Waals surface area contributed by atoms with Crippen molar-refractivity contribution in [2.75, 3.05) is 9.80 Å². The minimum atomic E-state index is -4.91. The van der Waals surface area contributed by atoms with Gasteiger partial charge in [0.25, 0.3) is 23.6 Å². The molecule has 0 radical (unpaired) electrons. The van der Waals surface area contributed by atoms with Crippen LogP contribution in [0.5, 0.6) is 23.0 Å². The van der Waals surface area contributed by atoms with Crippen LogP contribution >= 0.6 is 0 Å². The molecule has 2 heterocycles. The van der Waals surface area contributed by atoms with Crippen molar-refractivity contribution in [1.82, 2.24) is 0 Å². The van der Waals surface area contributed by atoms with Gasteiger partial charge in [0.1, 0.15) is 23.0 Å². The lowest BCUT2D eigenvalue weighted by molar-refractivity contribution is -0.138. The van der Waals surface area contributed by atoms with Crippen LogP contribution in [0.4, 0.5) is 37.7 Å². The quantitative estimate of drug-likeness (QED) is 0.140. The Morgan fingerprint density at radius 2 is 0.750 bits per heavy atom. The summed E-state index contributed by atoms with van der Waals surface area (Å²) in [5.41, 5.74) is 0.0173. The first kappa shape index (κ1) is 35.6. The highest BCUT2D eigenvalue weighted by molar-refractivity contribution is 6.29. The number of hydrogen-bond acceptors (Lipinski definition) is 6. The zero-order chi connectivity index (χ0) is 37.9. The lowest BCUT2D eigenvalue weighted by Crippen LogP contribution is -2.31. The number of imide groups is 2. The molecule has 0 N–H and O–H groups in total. The van der Waals surface area contributed by atoms with Crippen molar-refractivity contribution in [2.24, 2.45) is 0 Å². The Kier molecular flexibility index (Phi) is 8.81. The van der Waals surface area contributed by atoms with Crippen LogP contribution in [0.1, 0.15) is 33.4 Å². The summed E-state index contributed by atoms with van der Waals surface area (Å²) in [4.78, 5) is 49.2. The molecule has 0 aromatic heterocycles. The Hall–Kier alpha value is -6.18. The lowest BCUT2D eigenvalue weighted by Gasteiger charge is -2.21. The maximum absolute atomic E-state index is 14.0. The number of ether oxygens (including phenoxy) is 2. The van der Waals surface area contributed by atoms with Crippen molar-refractivity contribution in [3.05, 3.63) is 118 Å². The lowest BCUT2D eigenvalue weighted by atomic mass is 9.96. The number of carbonyl (C=O) groups excluding carboxylic acids is 4. The van der Waals surface area contributed by atoms with Crippen molar-refractivity contribution >= 4 is 35.0 Å². The van der Waals surface area contributed by atoms with E-state index in [9.17, 15) is 45.5 Å². The molecular weight excluding hydrogens is 694 g/mol. The summed E-state index contributed by atoms with van der Waals surface area (Å²) in [6, 6.07) is 12.9. The Morgan fingerprint density at radius 1 is 0.462 bits per heavy atom. The number of halogens is 6. The van der Waals surface area contributed by atoms with Crippen LogP contribution in [0.25, 0.3) is 11.1 Å². The highest BCUT2D eigenvalue weighted by Crippen LogP contribution is 2.44. The Balaban J connectivity index is 1.27. The molecular formula is C38H26F6N2O6. The highest BCUT2D eigenvalue weighted by Gasteiger charge is 2.40. The topological polar surface area (TPSA) is 93.2 Å². The molecule has 0 aliphatic carbocycles. The number of nitrogens with zero attached hydrogens (tertiary/aromatic N) is 2. The second-order valence-corrected chi connectivity index (χ2v) is 12.1. The number of rotatable bonds is 7. The van der Waals surface area contributed by atoms with E-state index in [-0.39, 0.29) is 23.0 Å². The van der Waals surface area contributed by atoms with Crippen LogP contribution in [-0.2, 0) is 31.5 Å². The molecule has 0 atom stereocenters. The Labute approximate surface area is 292 Å². The Morgan fingerprint density at radius 3 is 1.02 bits per heavy atom. The fourth-order valence-corrected chi connectivity index (χ4v) is 6.07. The number of anilines is 2. The molecule has 8 nitrogen and oxygen atoms in total. The SMILES string of the molecule is Cc1cc(-c2cc(C)c(Oc3ccc(N4C(=O)C=CC4=O)c(C(F)(F)F)c3)c(C)c2)cc(C)c1Oc1ccc(N2C(=O)C=CC2=O)c(C(F)(F)F)c1. The highest BCUT2D eigenvalue weighted by atomic mass is 19.4. The van der Waals surface area contributed by atoms with Gasteiger partial charge in [-0.2, -0.15) is 26.3 Å². The van der Waals surface area contributed by atoms with Crippen LogP contribution in [-0.4, -0.2) is 23.6 Å². The zero-order valence-corrected chi connectivity index (χ0v) is 27.7. The van der Waals surface area contributed by atoms with Gasteiger partial charge in [-0.05, 0) is 122 Å². The second-order valence-electron chi connectivity index (χ2n) is 12.1. The van der Waals surface area contributed by atoms with Gasteiger partial charge in [-0.1, -0.05) is 0 Å². The summed E-state index contributed by atoms with van der Waals surface area (Å²) >= 11 is 0. The predicted octanol–water partition coefficient (Wildman–Crippen LogP) is 9.07. The molecule has 52 heavy (non-hydrogen) atoms. The second kappa shape index (κ2) is 12.9. The van der Waals surface area contributed by atoms with E-state index in [1.165, 1.54) is 12.1 Å². The molecule has 0 saturated heterocycles. The summed E-state index contributed by atoms with van der Waals surface area (Å²) in [5, 5.41) is 0. The number of aryl methyl sites for hydroxylation is 4. The maximum atomic E-state index is 14.0. The van der Waals surface area contributed by atoms with Gasteiger partial charge in [0, 0.05) is 24.3 Å². The average molecular weight is 721 g/mol. The number of benzene rings is 4. The molecule has 6 rings (SSSR count). The summed E-state index contributed by atoms with van der Waals surface area (Å²) in [7, 11) is 0. The van der Waals surface area contributed by atoms with Crippen LogP contribution in [0.3, 0.4) is 0 Å². The first-order valence-corrected chi connectivity index (χ1v) is 15.5. The molecule has 0 spiro atoms. The molecule has 2 aliphatic heterocycles. The third-order valence-corrected chi connectivity index (χ3v) is 8.34. The van der Waals surface area contributed by atoms with E-state index in [0.29, 0.717) is 43.2 Å². The van der Waals surface area contributed by atoms with Crippen LogP contribution in [0.2, 0.25) is 0 Å². The van der Waals surface area contributed by atoms with Crippen molar-refractivity contribution in [2.45, 2.75) is 40.0 Å². The molecule has 4 aromatic carbocycles. The number of amides is 4. The largest absolute Gasteiger partial charge is 0.457 e. The van der Waals surface area contributed by atoms with Crippen molar-refractivity contribution in [1.29, 1.82) is 0 Å². The normalized spacial score (nSPS) is 14.7. The first-order chi connectivity index (χ1) is 24.3. The molecule has 4 amide bonds. The minimum Gasteiger partial charge on any atom is -0.457 e. The molecule has 0 bridgehead atoms. The van der Waals surface area contributed by atoms with E-state index in [0.717, 1.165) is 48.6 Å². The van der Waals surface area contributed by atoms with Gasteiger partial charge in [-0.25, -0.2) is 9.80 Å². The van der Waals surface area contributed by atoms with E-state index in [1.54, 1.807) is 52.0 Å². The van der Waals surface area contributed by atoms with Gasteiger partial charge < -0.3 is 9.47 Å². The molecule has 14 heteroatoms. The van der Waals surface area contributed by atoms with Gasteiger partial charge in [-0.15, -0.1) is 0 Å². The van der Waals surface area contributed by atoms with Crippen LogP contribution < -0.4 is 19.3 Å². The van der Waals surface area contributed by atoms with Gasteiger partial charge in [0.2, 0.25) is 0 Å². The predicted molar refractivity (Wildman–Crippen MR) is 177 cm³/mol. The molecule has 2 aliphatic rings. The van der Waals surface area contributed by atoms with E-state index in [4.69, 9.17) is 9.47 Å². The monoisotopic (exact) mass is 720 g/mol. The molecule has 4 aromatic rings. The van der Waals surface area contributed by atoms with Crippen molar-refractivity contribution in [3.63, 3.8) is 0 Å². The summed E-state index contributed by atoms with van der Waals surface area (Å²) in [6.07, 6.45) is -6.26. The Bertz CT molecular complexity index is 2030. The van der Waals surface area contributed by atoms with Gasteiger partial charge in [0.15, 0.2) is 0 Å². The standard InChI is InChI=1S/C38H26F6N2O6/c1-19-13-23(14-20(2)35(19)51-25-5-7-29(27(17-25)37(39,40)41)45-31(47)9-10-32(45)48)24-15-21(3)36(22(4)16-24)52-26-6-8-30(28(18-26)38(42,43)44)46-33(49)11-12-34(46)50/h5-18H,1-4H3. The van der Waals surface area contributed by atoms with E-state index < -0.39 is 58.5 Å².